The van der Waals surface area contributed by atoms with E-state index in [1.165, 1.54) is 113 Å². The zero-order chi connectivity index (χ0) is 17.2. The first-order valence-electron chi connectivity index (χ1n) is 10.5. The molecule has 0 aliphatic rings. The van der Waals surface area contributed by atoms with Crippen molar-refractivity contribution < 1.29 is 4.48 Å². The lowest BCUT2D eigenvalue weighted by Gasteiger charge is -2.29. The van der Waals surface area contributed by atoms with E-state index in [0.29, 0.717) is 0 Å². The van der Waals surface area contributed by atoms with E-state index in [1.54, 1.807) is 0 Å². The molecule has 0 aromatic rings. The van der Waals surface area contributed by atoms with Gasteiger partial charge in [-0.25, -0.2) is 0 Å². The lowest BCUT2D eigenvalue weighted by molar-refractivity contribution is -0.877. The first-order chi connectivity index (χ1) is 11.1. The fourth-order valence-corrected chi connectivity index (χ4v) is 4.20. The van der Waals surface area contributed by atoms with Crippen LogP contribution in [0, 0.1) is 0 Å². The summed E-state index contributed by atoms with van der Waals surface area (Å²) in [6, 6.07) is 0. The van der Waals surface area contributed by atoms with Crippen molar-refractivity contribution in [3.05, 3.63) is 0 Å². The minimum absolute atomic E-state index is 1.20. The van der Waals surface area contributed by atoms with E-state index in [4.69, 9.17) is 0 Å². The van der Waals surface area contributed by atoms with Crippen molar-refractivity contribution in [2.75, 3.05) is 32.3 Å². The Kier molecular flexibility index (Phi) is 17.4. The Balaban J connectivity index is 3.31. The van der Waals surface area contributed by atoms with Crippen LogP contribution in [0.3, 0.4) is 0 Å². The van der Waals surface area contributed by atoms with E-state index in [-0.39, 0.29) is 0 Å². The van der Waals surface area contributed by atoms with E-state index in [0.717, 1.165) is 0 Å². The Hall–Kier alpha value is 0.310. The van der Waals surface area contributed by atoms with E-state index in [1.807, 2.05) is 0 Å². The van der Waals surface area contributed by atoms with Crippen LogP contribution < -0.4 is 0 Å². The summed E-state index contributed by atoms with van der Waals surface area (Å²) in [5.41, 5.74) is 0. The van der Waals surface area contributed by atoms with Gasteiger partial charge in [0.1, 0.15) is 5.88 Å². The maximum absolute atomic E-state index is 2.41. The predicted octanol–water partition coefficient (Wildman–Crippen LogP) is 7.25. The van der Waals surface area contributed by atoms with Crippen LogP contribution in [0.5, 0.6) is 0 Å². The van der Waals surface area contributed by atoms with Gasteiger partial charge in [0, 0.05) is 0 Å². The lowest BCUT2D eigenvalue weighted by atomic mass is 10.1. The number of thioether (sulfide) groups is 1. The van der Waals surface area contributed by atoms with E-state index in [9.17, 15) is 0 Å². The molecule has 140 valence electrons. The van der Waals surface area contributed by atoms with Gasteiger partial charge >= 0.3 is 0 Å². The Morgan fingerprint density at radius 3 is 1.52 bits per heavy atom. The van der Waals surface area contributed by atoms with E-state index >= 15 is 0 Å². The minimum Gasteiger partial charge on any atom is -0.320 e. The van der Waals surface area contributed by atoms with Crippen molar-refractivity contribution in [2.45, 2.75) is 104 Å². The lowest BCUT2D eigenvalue weighted by Crippen LogP contribution is -2.40. The standard InChI is InChI=1S/C21H46NS/c1-5-7-9-11-12-13-14-15-16-17-19-22(3,4)21-23-20-18-10-8-6-2/h5-21H2,1-4H3/q+1. The molecule has 0 atom stereocenters. The van der Waals surface area contributed by atoms with E-state index in [2.05, 4.69) is 39.7 Å². The predicted molar refractivity (Wildman–Crippen MR) is 110 cm³/mol. The second-order valence-electron chi connectivity index (χ2n) is 7.94. The number of nitrogens with zero attached hydrogens (tertiary/aromatic N) is 1. The number of quaternary nitrogens is 1. The molecule has 0 amide bonds. The highest BCUT2D eigenvalue weighted by molar-refractivity contribution is 7.99. The quantitative estimate of drug-likeness (QED) is 0.143. The first kappa shape index (κ1) is 23.3. The normalized spacial score (nSPS) is 12.0. The number of rotatable bonds is 18. The van der Waals surface area contributed by atoms with Crippen molar-refractivity contribution >= 4 is 11.8 Å². The summed E-state index contributed by atoms with van der Waals surface area (Å²) in [6.07, 6.45) is 20.0. The molecule has 0 aliphatic heterocycles. The fourth-order valence-electron chi connectivity index (χ4n) is 3.03. The highest BCUT2D eigenvalue weighted by Gasteiger charge is 2.13. The summed E-state index contributed by atoms with van der Waals surface area (Å²) in [6.45, 7) is 5.95. The first-order valence-corrected chi connectivity index (χ1v) is 11.7. The highest BCUT2D eigenvalue weighted by atomic mass is 32.2. The van der Waals surface area contributed by atoms with Gasteiger partial charge in [0.25, 0.3) is 0 Å². The summed E-state index contributed by atoms with van der Waals surface area (Å²) < 4.78 is 1.20. The number of unbranched alkanes of at least 4 members (excludes halogenated alkanes) is 12. The van der Waals surface area contributed by atoms with Crippen molar-refractivity contribution in [3.63, 3.8) is 0 Å². The SMILES string of the molecule is CCCCCCCCCCCC[N+](C)(C)CSCCCCCC. The fraction of sp³-hybridized carbons (Fsp3) is 1.00. The molecule has 0 bridgehead atoms. The van der Waals surface area contributed by atoms with Gasteiger partial charge in [-0.05, 0) is 25.0 Å². The molecule has 0 saturated carbocycles. The van der Waals surface area contributed by atoms with E-state index < -0.39 is 0 Å². The van der Waals surface area contributed by atoms with Crippen molar-refractivity contribution in [3.8, 4) is 0 Å². The maximum atomic E-state index is 2.41. The summed E-state index contributed by atoms with van der Waals surface area (Å²) >= 11 is 2.16. The van der Waals surface area contributed by atoms with Crippen LogP contribution in [-0.4, -0.2) is 36.8 Å². The van der Waals surface area contributed by atoms with Crippen LogP contribution in [0.25, 0.3) is 0 Å². The van der Waals surface area contributed by atoms with Crippen LogP contribution in [0.4, 0.5) is 0 Å². The van der Waals surface area contributed by atoms with Gasteiger partial charge in [0.15, 0.2) is 0 Å². The number of hydrogen-bond acceptors (Lipinski definition) is 1. The van der Waals surface area contributed by atoms with Crippen LogP contribution in [0.15, 0.2) is 0 Å². The second-order valence-corrected chi connectivity index (χ2v) is 9.01. The molecule has 0 heterocycles. The third kappa shape index (κ3) is 18.5. The van der Waals surface area contributed by atoms with Gasteiger partial charge in [0.2, 0.25) is 0 Å². The molecule has 1 nitrogen and oxygen atoms in total. The molecule has 2 heteroatoms. The third-order valence-electron chi connectivity index (χ3n) is 4.70. The van der Waals surface area contributed by atoms with Crippen LogP contribution >= 0.6 is 11.8 Å². The third-order valence-corrected chi connectivity index (χ3v) is 6.16. The molecule has 0 saturated heterocycles. The zero-order valence-electron chi connectivity index (χ0n) is 16.9. The molecule has 0 aliphatic carbocycles. The second kappa shape index (κ2) is 17.1. The van der Waals surface area contributed by atoms with Crippen LogP contribution in [-0.2, 0) is 0 Å². The van der Waals surface area contributed by atoms with Crippen molar-refractivity contribution in [1.82, 2.24) is 0 Å². The van der Waals surface area contributed by atoms with Crippen LogP contribution in [0.2, 0.25) is 0 Å². The Labute approximate surface area is 152 Å². The summed E-state index contributed by atoms with van der Waals surface area (Å²) in [7, 11) is 4.82. The molecule has 0 radical (unpaired) electrons. The van der Waals surface area contributed by atoms with Crippen molar-refractivity contribution in [2.24, 2.45) is 0 Å². The molecular weight excluding hydrogens is 298 g/mol. The van der Waals surface area contributed by atoms with Gasteiger partial charge < -0.3 is 4.48 Å². The highest BCUT2D eigenvalue weighted by Crippen LogP contribution is 2.15. The molecule has 0 N–H and O–H groups in total. The monoisotopic (exact) mass is 344 g/mol. The zero-order valence-corrected chi connectivity index (χ0v) is 17.7. The topological polar surface area (TPSA) is 0 Å². The molecule has 0 aromatic heterocycles. The molecule has 0 fully saturated rings. The Morgan fingerprint density at radius 2 is 1.00 bits per heavy atom. The molecule has 0 aromatic carbocycles. The average molecular weight is 345 g/mol. The number of hydrogen-bond donors (Lipinski definition) is 0. The summed E-state index contributed by atoms with van der Waals surface area (Å²) in [5, 5.41) is 0. The summed E-state index contributed by atoms with van der Waals surface area (Å²) in [5.74, 6) is 2.66. The van der Waals surface area contributed by atoms with Gasteiger partial charge in [-0.3, -0.25) is 0 Å². The molecule has 0 spiro atoms. The smallest absolute Gasteiger partial charge is 0.125 e. The van der Waals surface area contributed by atoms with Gasteiger partial charge in [-0.2, -0.15) is 0 Å². The summed E-state index contributed by atoms with van der Waals surface area (Å²) in [4.78, 5) is 0. The average Bonchev–Trinajstić information content (AvgIpc) is 2.52. The molecular formula is C21H46NS+. The minimum atomic E-state index is 1.20. The Morgan fingerprint density at radius 1 is 0.565 bits per heavy atom. The van der Waals surface area contributed by atoms with Crippen molar-refractivity contribution in [1.29, 1.82) is 0 Å². The molecule has 0 rings (SSSR count). The van der Waals surface area contributed by atoms with Gasteiger partial charge in [0.05, 0.1) is 20.6 Å². The molecule has 23 heavy (non-hydrogen) atoms. The Bertz CT molecular complexity index is 228. The van der Waals surface area contributed by atoms with Gasteiger partial charge in [-0.15, -0.1) is 11.8 Å². The van der Waals surface area contributed by atoms with Crippen LogP contribution in [0.1, 0.15) is 104 Å². The molecule has 0 unspecified atom stereocenters. The maximum Gasteiger partial charge on any atom is 0.125 e. The largest absolute Gasteiger partial charge is 0.320 e. The van der Waals surface area contributed by atoms with Gasteiger partial charge in [-0.1, -0.05) is 84.5 Å².